The van der Waals surface area contributed by atoms with Gasteiger partial charge < -0.3 is 5.11 Å². The van der Waals surface area contributed by atoms with Crippen molar-refractivity contribution in [2.24, 2.45) is 0 Å². The molecule has 23 heavy (non-hydrogen) atoms. The maximum Gasteiger partial charge on any atom is 0.335 e. The molecule has 120 valence electrons. The normalized spacial score (nSPS) is 13.9. The van der Waals surface area contributed by atoms with Crippen molar-refractivity contribution in [1.82, 2.24) is 0 Å². The van der Waals surface area contributed by atoms with Gasteiger partial charge in [0.05, 0.1) is 16.1 Å². The van der Waals surface area contributed by atoms with E-state index in [1.165, 1.54) is 22.5 Å². The summed E-state index contributed by atoms with van der Waals surface area (Å²) in [6.07, 6.45) is 0.601. The molecule has 1 heterocycles. The zero-order chi connectivity index (χ0) is 16.8. The maximum atomic E-state index is 12.9. The Hall–Kier alpha value is -2.05. The van der Waals surface area contributed by atoms with Gasteiger partial charge in [-0.3, -0.25) is 4.31 Å². The van der Waals surface area contributed by atoms with Gasteiger partial charge in [0.25, 0.3) is 10.0 Å². The zero-order valence-electron chi connectivity index (χ0n) is 12.3. The number of anilines is 1. The number of aryl methyl sites for hydroxylation is 1. The van der Waals surface area contributed by atoms with E-state index in [1.54, 1.807) is 19.1 Å². The predicted octanol–water partition coefficient (Wildman–Crippen LogP) is 3.10. The topological polar surface area (TPSA) is 74.7 Å². The Balaban J connectivity index is 2.10. The second-order valence-electron chi connectivity index (χ2n) is 5.38. The quantitative estimate of drug-likeness (QED) is 0.922. The Morgan fingerprint density at radius 1 is 1.22 bits per heavy atom. The minimum absolute atomic E-state index is 0.0170. The van der Waals surface area contributed by atoms with Gasteiger partial charge >= 0.3 is 5.97 Å². The van der Waals surface area contributed by atoms with Crippen LogP contribution in [0.1, 0.15) is 21.5 Å². The molecule has 0 atom stereocenters. The second kappa shape index (κ2) is 5.54. The van der Waals surface area contributed by atoms with Crippen LogP contribution in [0.25, 0.3) is 0 Å². The van der Waals surface area contributed by atoms with E-state index in [0.717, 1.165) is 5.56 Å². The fraction of sp³-hybridized carbons (Fsp3) is 0.188. The van der Waals surface area contributed by atoms with Crippen molar-refractivity contribution in [3.8, 4) is 0 Å². The summed E-state index contributed by atoms with van der Waals surface area (Å²) in [6, 6.07) is 9.30. The van der Waals surface area contributed by atoms with E-state index in [2.05, 4.69) is 0 Å². The molecular formula is C16H14ClNO4S. The second-order valence-corrected chi connectivity index (χ2v) is 7.68. The third-order valence-corrected chi connectivity index (χ3v) is 5.97. The number of hydrogen-bond acceptors (Lipinski definition) is 3. The monoisotopic (exact) mass is 351 g/mol. The van der Waals surface area contributed by atoms with Crippen LogP contribution in [0.3, 0.4) is 0 Å². The molecule has 2 aromatic carbocycles. The van der Waals surface area contributed by atoms with Gasteiger partial charge in [-0.2, -0.15) is 0 Å². The first-order valence-corrected chi connectivity index (χ1v) is 8.77. The molecule has 1 aliphatic heterocycles. The molecule has 0 aliphatic carbocycles. The Morgan fingerprint density at radius 3 is 2.65 bits per heavy atom. The van der Waals surface area contributed by atoms with Crippen molar-refractivity contribution < 1.29 is 18.3 Å². The van der Waals surface area contributed by atoms with E-state index in [4.69, 9.17) is 11.6 Å². The van der Waals surface area contributed by atoms with Crippen molar-refractivity contribution in [2.45, 2.75) is 18.2 Å². The fourth-order valence-corrected chi connectivity index (χ4v) is 4.38. The molecule has 2 aromatic rings. The van der Waals surface area contributed by atoms with Gasteiger partial charge in [0.15, 0.2) is 0 Å². The van der Waals surface area contributed by atoms with Gasteiger partial charge in [-0.25, -0.2) is 13.2 Å². The summed E-state index contributed by atoms with van der Waals surface area (Å²) in [5.74, 6) is -1.15. The number of hydrogen-bond donors (Lipinski definition) is 1. The van der Waals surface area contributed by atoms with E-state index >= 15 is 0 Å². The first-order chi connectivity index (χ1) is 10.8. The highest BCUT2D eigenvalue weighted by molar-refractivity contribution is 7.92. The highest BCUT2D eigenvalue weighted by Gasteiger charge is 2.31. The number of sulfonamides is 1. The lowest BCUT2D eigenvalue weighted by atomic mass is 10.1. The van der Waals surface area contributed by atoms with Crippen molar-refractivity contribution in [1.29, 1.82) is 0 Å². The van der Waals surface area contributed by atoms with Gasteiger partial charge in [0.2, 0.25) is 0 Å². The Kier molecular flexibility index (Phi) is 3.82. The summed E-state index contributed by atoms with van der Waals surface area (Å²) in [4.78, 5) is 11.2. The molecule has 0 spiro atoms. The number of carbonyl (C=O) groups is 1. The van der Waals surface area contributed by atoms with Gasteiger partial charge in [-0.05, 0) is 48.7 Å². The van der Waals surface area contributed by atoms with Crippen molar-refractivity contribution in [3.63, 3.8) is 0 Å². The molecule has 3 rings (SSSR count). The van der Waals surface area contributed by atoms with Crippen LogP contribution in [0.15, 0.2) is 41.3 Å². The predicted molar refractivity (Wildman–Crippen MR) is 87.8 cm³/mol. The third kappa shape index (κ3) is 2.68. The van der Waals surface area contributed by atoms with Crippen LogP contribution in [0.4, 0.5) is 5.69 Å². The maximum absolute atomic E-state index is 12.9. The average molecular weight is 352 g/mol. The summed E-state index contributed by atoms with van der Waals surface area (Å²) in [6.45, 7) is 1.94. The molecule has 0 fully saturated rings. The van der Waals surface area contributed by atoms with E-state index in [1.807, 2.05) is 6.07 Å². The van der Waals surface area contributed by atoms with Gasteiger partial charge in [-0.15, -0.1) is 0 Å². The highest BCUT2D eigenvalue weighted by atomic mass is 35.5. The lowest BCUT2D eigenvalue weighted by Crippen LogP contribution is -2.29. The molecule has 0 amide bonds. The van der Waals surface area contributed by atoms with Gasteiger partial charge in [0, 0.05) is 11.6 Å². The van der Waals surface area contributed by atoms with Crippen LogP contribution in [0.5, 0.6) is 0 Å². The Morgan fingerprint density at radius 2 is 1.96 bits per heavy atom. The molecule has 1 aliphatic rings. The number of aromatic carboxylic acids is 1. The van der Waals surface area contributed by atoms with Crippen LogP contribution in [0.2, 0.25) is 5.02 Å². The van der Waals surface area contributed by atoms with Crippen molar-refractivity contribution >= 4 is 33.3 Å². The minimum atomic E-state index is -3.83. The number of benzene rings is 2. The zero-order valence-corrected chi connectivity index (χ0v) is 13.9. The average Bonchev–Trinajstić information content (AvgIpc) is 2.90. The van der Waals surface area contributed by atoms with E-state index in [9.17, 15) is 18.3 Å². The lowest BCUT2D eigenvalue weighted by Gasteiger charge is -2.20. The van der Waals surface area contributed by atoms with E-state index in [-0.39, 0.29) is 10.5 Å². The molecule has 7 heteroatoms. The standard InChI is InChI=1S/C16H14ClNO4S/c1-10-2-5-13(9-14(10)16(19)20)23(21,22)18-7-6-11-3-4-12(17)8-15(11)18/h2-5,8-9H,6-7H2,1H3,(H,19,20). The molecule has 0 aromatic heterocycles. The number of fused-ring (bicyclic) bond motifs is 1. The largest absolute Gasteiger partial charge is 0.478 e. The molecular weight excluding hydrogens is 338 g/mol. The van der Waals surface area contributed by atoms with Crippen LogP contribution in [-0.4, -0.2) is 26.0 Å². The molecule has 1 N–H and O–H groups in total. The fourth-order valence-electron chi connectivity index (χ4n) is 2.69. The summed E-state index contributed by atoms with van der Waals surface area (Å²) in [5, 5.41) is 9.65. The minimum Gasteiger partial charge on any atom is -0.478 e. The third-order valence-electron chi connectivity index (χ3n) is 3.93. The summed E-state index contributed by atoms with van der Waals surface area (Å²) < 4.78 is 27.1. The number of rotatable bonds is 3. The highest BCUT2D eigenvalue weighted by Crippen LogP contribution is 2.35. The summed E-state index contributed by atoms with van der Waals surface area (Å²) in [5.41, 5.74) is 1.96. The molecule has 5 nitrogen and oxygen atoms in total. The first-order valence-electron chi connectivity index (χ1n) is 6.96. The molecule has 0 bridgehead atoms. The number of carboxylic acid groups (broad SMARTS) is 1. The number of halogens is 1. The van der Waals surface area contributed by atoms with Crippen LogP contribution >= 0.6 is 11.6 Å². The van der Waals surface area contributed by atoms with Crippen molar-refractivity contribution in [2.75, 3.05) is 10.8 Å². The Labute approximate surface area is 139 Å². The molecule has 0 radical (unpaired) electrons. The molecule has 0 saturated heterocycles. The molecule has 0 saturated carbocycles. The smallest absolute Gasteiger partial charge is 0.335 e. The van der Waals surface area contributed by atoms with E-state index < -0.39 is 16.0 Å². The number of carboxylic acids is 1. The van der Waals surface area contributed by atoms with Crippen molar-refractivity contribution in [3.05, 3.63) is 58.1 Å². The number of nitrogens with zero attached hydrogens (tertiary/aromatic N) is 1. The first kappa shape index (κ1) is 15.8. The lowest BCUT2D eigenvalue weighted by molar-refractivity contribution is 0.0696. The van der Waals surface area contributed by atoms with Gasteiger partial charge in [0.1, 0.15) is 0 Å². The van der Waals surface area contributed by atoms with Gasteiger partial charge in [-0.1, -0.05) is 23.7 Å². The summed E-state index contributed by atoms with van der Waals surface area (Å²) in [7, 11) is -3.83. The summed E-state index contributed by atoms with van der Waals surface area (Å²) >= 11 is 5.97. The SMILES string of the molecule is Cc1ccc(S(=O)(=O)N2CCc3ccc(Cl)cc32)cc1C(=O)O. The van der Waals surface area contributed by atoms with Crippen LogP contribution < -0.4 is 4.31 Å². The molecule has 0 unspecified atom stereocenters. The van der Waals surface area contributed by atoms with Crippen LogP contribution in [-0.2, 0) is 16.4 Å². The van der Waals surface area contributed by atoms with E-state index in [0.29, 0.717) is 29.2 Å². The Bertz CT molecular complexity index is 908. The van der Waals surface area contributed by atoms with Crippen LogP contribution in [0, 0.1) is 6.92 Å².